The van der Waals surface area contributed by atoms with Crippen molar-refractivity contribution in [3.05, 3.63) is 26.5 Å². The Labute approximate surface area is 124 Å². The third-order valence-electron chi connectivity index (χ3n) is 2.52. The molecule has 0 aromatic carbocycles. The summed E-state index contributed by atoms with van der Waals surface area (Å²) in [5.74, 6) is 0.324. The Morgan fingerprint density at radius 1 is 1.47 bits per heavy atom. The molecule has 2 heterocycles. The number of sulfonamides is 1. The van der Waals surface area contributed by atoms with Gasteiger partial charge in [-0.1, -0.05) is 13.3 Å². The van der Waals surface area contributed by atoms with Crippen LogP contribution in [0.3, 0.4) is 0 Å². The summed E-state index contributed by atoms with van der Waals surface area (Å²) in [7, 11) is -3.58. The van der Waals surface area contributed by atoms with Crippen molar-refractivity contribution in [2.75, 3.05) is 4.72 Å². The number of nitrogens with one attached hydrogen (secondary N) is 2. The number of aromatic amines is 1. The molecule has 2 N–H and O–H groups in total. The monoisotopic (exact) mass is 363 g/mol. The molecule has 5 nitrogen and oxygen atoms in total. The van der Waals surface area contributed by atoms with Gasteiger partial charge in [0.2, 0.25) is 0 Å². The number of aryl methyl sites for hydroxylation is 2. The Morgan fingerprint density at radius 2 is 2.21 bits per heavy atom. The van der Waals surface area contributed by atoms with E-state index in [0.29, 0.717) is 5.82 Å². The van der Waals surface area contributed by atoms with Crippen LogP contribution in [-0.2, 0) is 16.4 Å². The van der Waals surface area contributed by atoms with Crippen molar-refractivity contribution in [2.24, 2.45) is 0 Å². The molecule has 0 unspecified atom stereocenters. The lowest BCUT2D eigenvalue weighted by Crippen LogP contribution is -2.13. The quantitative estimate of drug-likeness (QED) is 0.855. The molecule has 0 aliphatic rings. The van der Waals surface area contributed by atoms with Crippen molar-refractivity contribution in [1.29, 1.82) is 0 Å². The van der Waals surface area contributed by atoms with E-state index in [1.54, 1.807) is 19.1 Å². The zero-order chi connectivity index (χ0) is 14.0. The first-order valence-corrected chi connectivity index (χ1v) is 8.84. The maximum Gasteiger partial charge on any atom is 0.264 e. The van der Waals surface area contributed by atoms with E-state index in [-0.39, 0.29) is 4.90 Å². The van der Waals surface area contributed by atoms with Crippen molar-refractivity contribution in [2.45, 2.75) is 31.6 Å². The highest BCUT2D eigenvalue weighted by molar-refractivity contribution is 9.11. The summed E-state index contributed by atoms with van der Waals surface area (Å²) in [5, 5.41) is 6.78. The molecule has 0 atom stereocenters. The van der Waals surface area contributed by atoms with Gasteiger partial charge < -0.3 is 0 Å². The average molecular weight is 364 g/mol. The lowest BCUT2D eigenvalue weighted by Gasteiger charge is -2.03. The topological polar surface area (TPSA) is 74.8 Å². The summed E-state index contributed by atoms with van der Waals surface area (Å²) in [6.07, 6.45) is 1.82. The molecule has 0 aliphatic carbocycles. The van der Waals surface area contributed by atoms with E-state index in [1.807, 2.05) is 0 Å². The first-order valence-electron chi connectivity index (χ1n) is 5.75. The van der Waals surface area contributed by atoms with Crippen LogP contribution in [0, 0.1) is 6.92 Å². The van der Waals surface area contributed by atoms with Crippen LogP contribution in [0.15, 0.2) is 20.8 Å². The minimum atomic E-state index is -3.58. The highest BCUT2D eigenvalue weighted by Crippen LogP contribution is 2.30. The molecular weight excluding hydrogens is 350 g/mol. The fraction of sp³-hybridized carbons (Fsp3) is 0.364. The summed E-state index contributed by atoms with van der Waals surface area (Å²) in [4.78, 5) is 1.02. The second-order valence-electron chi connectivity index (χ2n) is 4.10. The van der Waals surface area contributed by atoms with Crippen LogP contribution in [-0.4, -0.2) is 18.6 Å². The summed E-state index contributed by atoms with van der Waals surface area (Å²) in [5.41, 5.74) is 0.920. The SMILES string of the molecule is CCCc1cc(NS(=O)(=O)c2cc(Br)sc2C)n[nH]1. The number of anilines is 1. The van der Waals surface area contributed by atoms with Crippen LogP contribution in [0.5, 0.6) is 0 Å². The maximum atomic E-state index is 12.2. The first kappa shape index (κ1) is 14.5. The van der Waals surface area contributed by atoms with E-state index in [1.165, 1.54) is 11.3 Å². The Bertz CT molecular complexity index is 676. The molecule has 2 aromatic rings. The van der Waals surface area contributed by atoms with Crippen molar-refractivity contribution < 1.29 is 8.42 Å². The first-order chi connectivity index (χ1) is 8.92. The lowest BCUT2D eigenvalue weighted by molar-refractivity contribution is 0.601. The van der Waals surface area contributed by atoms with Gasteiger partial charge in [-0.05, 0) is 35.3 Å². The zero-order valence-electron chi connectivity index (χ0n) is 10.5. The van der Waals surface area contributed by atoms with E-state index < -0.39 is 10.0 Å². The molecule has 0 aliphatic heterocycles. The Kier molecular flexibility index (Phi) is 4.32. The van der Waals surface area contributed by atoms with Crippen LogP contribution in [0.1, 0.15) is 23.9 Å². The Balaban J connectivity index is 2.23. The third-order valence-corrected chi connectivity index (χ3v) is 5.68. The molecule has 104 valence electrons. The highest BCUT2D eigenvalue weighted by atomic mass is 79.9. The zero-order valence-corrected chi connectivity index (χ0v) is 13.7. The van der Waals surface area contributed by atoms with Crippen LogP contribution in [0.2, 0.25) is 0 Å². The summed E-state index contributed by atoms with van der Waals surface area (Å²) < 4.78 is 27.7. The molecule has 0 fully saturated rings. The highest BCUT2D eigenvalue weighted by Gasteiger charge is 2.20. The molecular formula is C11H14BrN3O2S2. The Hall–Kier alpha value is -0.860. The van der Waals surface area contributed by atoms with E-state index in [4.69, 9.17) is 0 Å². The number of aromatic nitrogens is 2. The largest absolute Gasteiger partial charge is 0.280 e. The van der Waals surface area contributed by atoms with Crippen LogP contribution in [0.4, 0.5) is 5.82 Å². The van der Waals surface area contributed by atoms with Crippen molar-refractivity contribution in [3.63, 3.8) is 0 Å². The van der Waals surface area contributed by atoms with Gasteiger partial charge in [-0.25, -0.2) is 8.42 Å². The molecule has 0 radical (unpaired) electrons. The number of hydrogen-bond donors (Lipinski definition) is 2. The Morgan fingerprint density at radius 3 is 2.79 bits per heavy atom. The summed E-state index contributed by atoms with van der Waals surface area (Å²) in [6, 6.07) is 3.32. The standard InChI is InChI=1S/C11H14BrN3O2S2/c1-3-4-8-5-11(14-13-8)15-19(16,17)9-6-10(12)18-7(9)2/h5-6H,3-4H2,1-2H3,(H2,13,14,15). The van der Waals surface area contributed by atoms with Crippen molar-refractivity contribution in [1.82, 2.24) is 10.2 Å². The summed E-state index contributed by atoms with van der Waals surface area (Å²) >= 11 is 4.68. The lowest BCUT2D eigenvalue weighted by atomic mass is 10.2. The fourth-order valence-corrected chi connectivity index (χ4v) is 5.11. The second-order valence-corrected chi connectivity index (χ2v) is 8.39. The van der Waals surface area contributed by atoms with Gasteiger partial charge in [0.1, 0.15) is 4.90 Å². The molecule has 19 heavy (non-hydrogen) atoms. The molecule has 0 saturated carbocycles. The number of rotatable bonds is 5. The number of thiophene rings is 1. The fourth-order valence-electron chi connectivity index (χ4n) is 1.70. The molecule has 2 rings (SSSR count). The van der Waals surface area contributed by atoms with Gasteiger partial charge in [0.05, 0.1) is 3.79 Å². The maximum absolute atomic E-state index is 12.2. The van der Waals surface area contributed by atoms with Crippen LogP contribution < -0.4 is 4.72 Å². The minimum Gasteiger partial charge on any atom is -0.280 e. The molecule has 0 spiro atoms. The molecule has 0 bridgehead atoms. The van der Waals surface area contributed by atoms with E-state index in [0.717, 1.165) is 27.2 Å². The van der Waals surface area contributed by atoms with Gasteiger partial charge in [0.25, 0.3) is 10.0 Å². The van der Waals surface area contributed by atoms with Crippen LogP contribution in [0.25, 0.3) is 0 Å². The number of H-pyrrole nitrogens is 1. The van der Waals surface area contributed by atoms with Crippen LogP contribution >= 0.6 is 27.3 Å². The van der Waals surface area contributed by atoms with Gasteiger partial charge in [-0.3, -0.25) is 9.82 Å². The number of halogens is 1. The van der Waals surface area contributed by atoms with Gasteiger partial charge in [-0.15, -0.1) is 11.3 Å². The summed E-state index contributed by atoms with van der Waals surface area (Å²) in [6.45, 7) is 3.83. The molecule has 2 aromatic heterocycles. The van der Waals surface area contributed by atoms with Gasteiger partial charge >= 0.3 is 0 Å². The third kappa shape index (κ3) is 3.37. The van der Waals surface area contributed by atoms with Gasteiger partial charge in [0, 0.05) is 16.6 Å². The predicted molar refractivity (Wildman–Crippen MR) is 80.1 cm³/mol. The second kappa shape index (κ2) is 5.64. The van der Waals surface area contributed by atoms with E-state index in [9.17, 15) is 8.42 Å². The minimum absolute atomic E-state index is 0.282. The molecule has 8 heteroatoms. The van der Waals surface area contributed by atoms with Gasteiger partial charge in [0.15, 0.2) is 5.82 Å². The molecule has 0 saturated heterocycles. The number of hydrogen-bond acceptors (Lipinski definition) is 4. The normalized spacial score (nSPS) is 11.7. The van der Waals surface area contributed by atoms with E-state index in [2.05, 4.69) is 37.8 Å². The van der Waals surface area contributed by atoms with Crippen molar-refractivity contribution in [3.8, 4) is 0 Å². The molecule has 0 amide bonds. The van der Waals surface area contributed by atoms with Gasteiger partial charge in [-0.2, -0.15) is 5.10 Å². The number of nitrogens with zero attached hydrogens (tertiary/aromatic N) is 1. The van der Waals surface area contributed by atoms with E-state index >= 15 is 0 Å². The van der Waals surface area contributed by atoms with Crippen molar-refractivity contribution >= 4 is 43.1 Å². The smallest absolute Gasteiger partial charge is 0.264 e. The predicted octanol–water partition coefficient (Wildman–Crippen LogP) is 3.30. The average Bonchev–Trinajstić information content (AvgIpc) is 2.86.